The zero-order chi connectivity index (χ0) is 20.1. The maximum atomic E-state index is 13.9. The zero-order valence-corrected chi connectivity index (χ0v) is 16.3. The molecule has 1 aliphatic heterocycles. The molecule has 0 spiro atoms. The van der Waals surface area contributed by atoms with Crippen molar-refractivity contribution in [2.45, 2.75) is 0 Å². The third-order valence-electron chi connectivity index (χ3n) is 3.93. The lowest BCUT2D eigenvalue weighted by molar-refractivity contribution is -0.121. The van der Waals surface area contributed by atoms with Crippen LogP contribution < -0.4 is 9.47 Å². The van der Waals surface area contributed by atoms with Crippen LogP contribution in [0, 0.1) is 5.82 Å². The van der Waals surface area contributed by atoms with Crippen molar-refractivity contribution in [3.63, 3.8) is 0 Å². The standard InChI is InChI=1S/C21H19FN2O3S/c1-4-12-27-19-14(8-7-11-17(19)26-3)13-18-20(25)24(2)21(28-18)23-16-10-6-5-9-15(16)22/h4-11,13H,1,12H2,2-3H3/b18-13+,23-21?. The molecule has 1 heterocycles. The Kier molecular flexibility index (Phi) is 6.16. The number of rotatable bonds is 6. The Labute approximate surface area is 167 Å². The van der Waals surface area contributed by atoms with Gasteiger partial charge in [0.25, 0.3) is 5.91 Å². The molecule has 0 aromatic heterocycles. The van der Waals surface area contributed by atoms with Crippen LogP contribution in [0.5, 0.6) is 11.5 Å². The third-order valence-corrected chi connectivity index (χ3v) is 4.99. The molecule has 0 aliphatic carbocycles. The van der Waals surface area contributed by atoms with E-state index in [2.05, 4.69) is 11.6 Å². The van der Waals surface area contributed by atoms with Crippen molar-refractivity contribution in [3.05, 3.63) is 71.4 Å². The van der Waals surface area contributed by atoms with Gasteiger partial charge in [0.05, 0.1) is 12.0 Å². The lowest BCUT2D eigenvalue weighted by atomic mass is 10.1. The number of ether oxygens (including phenoxy) is 2. The third kappa shape index (κ3) is 4.09. The SMILES string of the molecule is C=CCOc1c(/C=C2/SC(=Nc3ccccc3F)N(C)C2=O)cccc1OC. The monoisotopic (exact) mass is 398 g/mol. The maximum Gasteiger partial charge on any atom is 0.266 e. The molecule has 5 nitrogen and oxygen atoms in total. The van der Waals surface area contributed by atoms with Gasteiger partial charge in [-0.25, -0.2) is 9.38 Å². The second-order valence-electron chi connectivity index (χ2n) is 5.80. The van der Waals surface area contributed by atoms with Crippen molar-refractivity contribution in [1.29, 1.82) is 0 Å². The molecular formula is C21H19FN2O3S. The lowest BCUT2D eigenvalue weighted by Gasteiger charge is -2.12. The van der Waals surface area contributed by atoms with E-state index in [9.17, 15) is 9.18 Å². The Bertz CT molecular complexity index is 972. The van der Waals surface area contributed by atoms with Crippen molar-refractivity contribution >= 4 is 34.6 Å². The number of carbonyl (C=O) groups is 1. The summed E-state index contributed by atoms with van der Waals surface area (Å²) in [6, 6.07) is 11.6. The van der Waals surface area contributed by atoms with E-state index in [1.165, 1.54) is 22.7 Å². The van der Waals surface area contributed by atoms with E-state index in [1.54, 1.807) is 50.6 Å². The molecule has 0 saturated carbocycles. The van der Waals surface area contributed by atoms with E-state index < -0.39 is 5.82 Å². The van der Waals surface area contributed by atoms with Crippen LogP contribution in [-0.2, 0) is 4.79 Å². The summed E-state index contributed by atoms with van der Waals surface area (Å²) in [5, 5.41) is 0.401. The number of hydrogen-bond acceptors (Lipinski definition) is 5. The molecule has 1 fully saturated rings. The van der Waals surface area contributed by atoms with Crippen LogP contribution in [0.15, 0.2) is 65.0 Å². The molecule has 1 amide bonds. The van der Waals surface area contributed by atoms with E-state index in [-0.39, 0.29) is 11.6 Å². The molecular weight excluding hydrogens is 379 g/mol. The van der Waals surface area contributed by atoms with E-state index >= 15 is 0 Å². The topological polar surface area (TPSA) is 51.1 Å². The van der Waals surface area contributed by atoms with Crippen molar-refractivity contribution in [3.8, 4) is 11.5 Å². The van der Waals surface area contributed by atoms with Crippen LogP contribution in [0.4, 0.5) is 10.1 Å². The number of carbonyl (C=O) groups excluding carboxylic acids is 1. The summed E-state index contributed by atoms with van der Waals surface area (Å²) in [5.74, 6) is 0.410. The van der Waals surface area contributed by atoms with Gasteiger partial charge in [0.15, 0.2) is 16.7 Å². The van der Waals surface area contributed by atoms with Crippen LogP contribution in [0.3, 0.4) is 0 Å². The van der Waals surface area contributed by atoms with Crippen molar-refractivity contribution in [2.24, 2.45) is 4.99 Å². The fourth-order valence-electron chi connectivity index (χ4n) is 2.54. The highest BCUT2D eigenvalue weighted by molar-refractivity contribution is 8.18. The molecule has 1 saturated heterocycles. The second kappa shape index (κ2) is 8.75. The maximum absolute atomic E-state index is 13.9. The predicted molar refractivity (Wildman–Crippen MR) is 111 cm³/mol. The minimum atomic E-state index is -0.443. The quantitative estimate of drug-likeness (QED) is 0.526. The van der Waals surface area contributed by atoms with Gasteiger partial charge in [-0.3, -0.25) is 9.69 Å². The summed E-state index contributed by atoms with van der Waals surface area (Å²) in [6.45, 7) is 3.95. The van der Waals surface area contributed by atoms with Crippen molar-refractivity contribution in [2.75, 3.05) is 20.8 Å². The van der Waals surface area contributed by atoms with E-state index in [4.69, 9.17) is 9.47 Å². The molecule has 7 heteroatoms. The van der Waals surface area contributed by atoms with Crippen LogP contribution in [-0.4, -0.2) is 36.7 Å². The van der Waals surface area contributed by atoms with Gasteiger partial charge in [-0.2, -0.15) is 0 Å². The number of thioether (sulfide) groups is 1. The molecule has 0 unspecified atom stereocenters. The Morgan fingerprint density at radius 3 is 2.75 bits per heavy atom. The number of para-hydroxylation sites is 2. The molecule has 0 radical (unpaired) electrons. The minimum Gasteiger partial charge on any atom is -0.493 e. The summed E-state index contributed by atoms with van der Waals surface area (Å²) in [6.07, 6.45) is 3.35. The molecule has 144 valence electrons. The average Bonchev–Trinajstić information content (AvgIpc) is 2.96. The Morgan fingerprint density at radius 2 is 2.04 bits per heavy atom. The number of hydrogen-bond donors (Lipinski definition) is 0. The van der Waals surface area contributed by atoms with Crippen LogP contribution >= 0.6 is 11.8 Å². The summed E-state index contributed by atoms with van der Waals surface area (Å²) in [4.78, 5) is 18.8. The van der Waals surface area contributed by atoms with Gasteiger partial charge in [0.2, 0.25) is 0 Å². The highest BCUT2D eigenvalue weighted by Gasteiger charge is 2.31. The Hall–Kier alpha value is -3.06. The number of nitrogens with zero attached hydrogens (tertiary/aromatic N) is 2. The van der Waals surface area contributed by atoms with Gasteiger partial charge >= 0.3 is 0 Å². The highest BCUT2D eigenvalue weighted by atomic mass is 32.2. The Morgan fingerprint density at radius 1 is 1.25 bits per heavy atom. The van der Waals surface area contributed by atoms with Gasteiger partial charge in [-0.05, 0) is 36.0 Å². The first-order chi connectivity index (χ1) is 13.5. The normalized spacial score (nSPS) is 16.7. The van der Waals surface area contributed by atoms with E-state index in [0.29, 0.717) is 33.7 Å². The first kappa shape index (κ1) is 19.7. The largest absolute Gasteiger partial charge is 0.493 e. The number of halogens is 1. The number of amides is 1. The molecule has 0 N–H and O–H groups in total. The van der Waals surface area contributed by atoms with E-state index in [1.807, 2.05) is 12.1 Å². The summed E-state index contributed by atoms with van der Waals surface area (Å²) >= 11 is 1.18. The van der Waals surface area contributed by atoms with Crippen molar-refractivity contribution in [1.82, 2.24) is 4.90 Å². The van der Waals surface area contributed by atoms with Gasteiger partial charge in [-0.15, -0.1) is 0 Å². The summed E-state index contributed by atoms with van der Waals surface area (Å²) in [5.41, 5.74) is 0.875. The van der Waals surface area contributed by atoms with Crippen LogP contribution in [0.2, 0.25) is 0 Å². The number of likely N-dealkylation sites (N-methyl/N-ethyl adjacent to an activating group) is 1. The average molecular weight is 398 g/mol. The van der Waals surface area contributed by atoms with Gasteiger partial charge in [-0.1, -0.05) is 36.9 Å². The summed E-state index contributed by atoms with van der Waals surface area (Å²) in [7, 11) is 3.16. The fraction of sp³-hybridized carbons (Fsp3) is 0.143. The number of aliphatic imine (C=N–C) groups is 1. The molecule has 3 rings (SSSR count). The van der Waals surface area contributed by atoms with Gasteiger partial charge in [0, 0.05) is 12.6 Å². The molecule has 28 heavy (non-hydrogen) atoms. The molecule has 1 aliphatic rings. The second-order valence-corrected chi connectivity index (χ2v) is 6.81. The minimum absolute atomic E-state index is 0.183. The van der Waals surface area contributed by atoms with Gasteiger partial charge < -0.3 is 9.47 Å². The van der Waals surface area contributed by atoms with Crippen molar-refractivity contribution < 1.29 is 18.7 Å². The smallest absolute Gasteiger partial charge is 0.266 e. The fourth-order valence-corrected chi connectivity index (χ4v) is 3.51. The molecule has 2 aromatic carbocycles. The van der Waals surface area contributed by atoms with E-state index in [0.717, 1.165) is 0 Å². The first-order valence-corrected chi connectivity index (χ1v) is 9.28. The summed E-state index contributed by atoms with van der Waals surface area (Å²) < 4.78 is 25.0. The van der Waals surface area contributed by atoms with Crippen LogP contribution in [0.25, 0.3) is 6.08 Å². The molecule has 2 aromatic rings. The number of benzene rings is 2. The first-order valence-electron chi connectivity index (χ1n) is 8.46. The van der Waals surface area contributed by atoms with Gasteiger partial charge in [0.1, 0.15) is 18.1 Å². The highest BCUT2D eigenvalue weighted by Crippen LogP contribution is 2.37. The molecule has 0 bridgehead atoms. The number of methoxy groups -OCH3 is 1. The number of amidine groups is 1. The van der Waals surface area contributed by atoms with Crippen LogP contribution in [0.1, 0.15) is 5.56 Å². The predicted octanol–water partition coefficient (Wildman–Crippen LogP) is 4.63. The molecule has 0 atom stereocenters. The zero-order valence-electron chi connectivity index (χ0n) is 15.5. The Balaban J connectivity index is 1.97. The lowest BCUT2D eigenvalue weighted by Crippen LogP contribution is -2.23.